The predicted octanol–water partition coefficient (Wildman–Crippen LogP) is -0.223. The third-order valence-electron chi connectivity index (χ3n) is 6.59. The van der Waals surface area contributed by atoms with Crippen LogP contribution in [0.1, 0.15) is 11.3 Å². The van der Waals surface area contributed by atoms with Crippen LogP contribution < -0.4 is 19.9 Å². The molecule has 33 heavy (non-hydrogen) atoms. The maximum absolute atomic E-state index is 12.6. The fraction of sp³-hybridized carbons (Fsp3) is 0.500. The number of rotatable bonds is 4. The average molecular weight is 469 g/mol. The van der Waals surface area contributed by atoms with Crippen molar-refractivity contribution in [2.24, 2.45) is 0 Å². The second-order valence-corrected chi connectivity index (χ2v) is 10.3. The molecule has 6 heterocycles. The molecule has 2 fully saturated rings. The number of hydrogen-bond donors (Lipinski definition) is 2. The lowest BCUT2D eigenvalue weighted by Gasteiger charge is -2.45. The first-order chi connectivity index (χ1) is 16.1. The van der Waals surface area contributed by atoms with Crippen molar-refractivity contribution in [2.75, 3.05) is 66.9 Å². The van der Waals surface area contributed by atoms with Crippen LogP contribution in [0.3, 0.4) is 0 Å². The number of terminal acetylenes is 1. The molecule has 4 aliphatic heterocycles. The van der Waals surface area contributed by atoms with Gasteiger partial charge < -0.3 is 29.7 Å². The summed E-state index contributed by atoms with van der Waals surface area (Å²) in [5, 5.41) is 13.2. The monoisotopic (exact) mass is 468 g/mol. The summed E-state index contributed by atoms with van der Waals surface area (Å²) in [7, 11) is -1.15. The van der Waals surface area contributed by atoms with Gasteiger partial charge in [-0.2, -0.15) is 4.98 Å². The van der Waals surface area contributed by atoms with Crippen LogP contribution >= 0.6 is 0 Å². The summed E-state index contributed by atoms with van der Waals surface area (Å²) >= 11 is 0. The van der Waals surface area contributed by atoms with Gasteiger partial charge in [0.25, 0.3) is 0 Å². The molecule has 6 rings (SSSR count). The van der Waals surface area contributed by atoms with E-state index in [9.17, 15) is 9.32 Å². The van der Waals surface area contributed by atoms with Crippen molar-refractivity contribution in [2.45, 2.75) is 22.9 Å². The molecule has 0 amide bonds. The third kappa shape index (κ3) is 3.40. The standard InChI is InChI=1S/C22H24N6O4S/c1-2-14-7-17-20(23-8-14)28-5-4-27(9-15(28)10-32-17)21-24-16-3-6-33(30)18(16)19(25-21)26-22(11-29)12-31-13-22/h1,7-8,15,29H,3-6,9-13H2,(H,24,25,26). The Morgan fingerprint density at radius 2 is 2.24 bits per heavy atom. The lowest BCUT2D eigenvalue weighted by Crippen LogP contribution is -2.59. The molecule has 0 aromatic carbocycles. The Morgan fingerprint density at radius 3 is 3.00 bits per heavy atom. The van der Waals surface area contributed by atoms with E-state index in [2.05, 4.69) is 26.0 Å². The van der Waals surface area contributed by atoms with Gasteiger partial charge in [0.15, 0.2) is 11.6 Å². The summed E-state index contributed by atoms with van der Waals surface area (Å²) in [6, 6.07) is 1.95. The molecule has 2 atom stereocenters. The number of aliphatic hydroxyl groups is 1. The molecule has 172 valence electrons. The van der Waals surface area contributed by atoms with E-state index in [4.69, 9.17) is 25.9 Å². The van der Waals surface area contributed by atoms with Gasteiger partial charge in [0.2, 0.25) is 5.95 Å². The summed E-state index contributed by atoms with van der Waals surface area (Å²) in [4.78, 5) is 19.2. The van der Waals surface area contributed by atoms with Crippen LogP contribution in [-0.4, -0.2) is 87.7 Å². The molecule has 2 N–H and O–H groups in total. The molecule has 0 aliphatic carbocycles. The topological polar surface area (TPSA) is 113 Å². The Kier molecular flexibility index (Phi) is 4.90. The number of anilines is 3. The molecule has 2 saturated heterocycles. The second kappa shape index (κ2) is 7.83. The maximum Gasteiger partial charge on any atom is 0.227 e. The van der Waals surface area contributed by atoms with Crippen molar-refractivity contribution in [3.8, 4) is 18.1 Å². The van der Waals surface area contributed by atoms with Gasteiger partial charge in [0.05, 0.1) is 42.4 Å². The Hall–Kier alpha value is -2.94. The van der Waals surface area contributed by atoms with E-state index in [0.29, 0.717) is 67.3 Å². The van der Waals surface area contributed by atoms with E-state index >= 15 is 0 Å². The number of piperazine rings is 1. The summed E-state index contributed by atoms with van der Waals surface area (Å²) < 4.78 is 23.9. The molecule has 2 unspecified atom stereocenters. The minimum atomic E-state index is -1.15. The largest absolute Gasteiger partial charge is 0.487 e. The number of nitrogens with one attached hydrogen (secondary N) is 1. The van der Waals surface area contributed by atoms with E-state index in [1.807, 2.05) is 6.07 Å². The molecule has 2 aromatic heterocycles. The van der Waals surface area contributed by atoms with Gasteiger partial charge in [0.1, 0.15) is 22.9 Å². The quantitative estimate of drug-likeness (QED) is 0.584. The van der Waals surface area contributed by atoms with Gasteiger partial charge in [-0.25, -0.2) is 9.97 Å². The van der Waals surface area contributed by atoms with Crippen molar-refractivity contribution >= 4 is 28.4 Å². The van der Waals surface area contributed by atoms with Crippen LogP contribution in [0.15, 0.2) is 17.2 Å². The molecule has 0 spiro atoms. The molecular weight excluding hydrogens is 444 g/mol. The zero-order valence-corrected chi connectivity index (χ0v) is 18.8. The molecular formula is C22H24N6O4S. The molecule has 2 aromatic rings. The highest BCUT2D eigenvalue weighted by atomic mass is 32.2. The molecule has 4 aliphatic rings. The van der Waals surface area contributed by atoms with E-state index in [-0.39, 0.29) is 12.6 Å². The zero-order valence-electron chi connectivity index (χ0n) is 18.0. The number of aromatic nitrogens is 3. The number of fused-ring (bicyclic) bond motifs is 4. The maximum atomic E-state index is 12.6. The summed E-state index contributed by atoms with van der Waals surface area (Å²) in [6.45, 7) is 3.33. The third-order valence-corrected chi connectivity index (χ3v) is 8.05. The van der Waals surface area contributed by atoms with Gasteiger partial charge in [-0.05, 0) is 0 Å². The zero-order chi connectivity index (χ0) is 22.6. The van der Waals surface area contributed by atoms with Crippen molar-refractivity contribution in [3.05, 3.63) is 23.5 Å². The highest BCUT2D eigenvalue weighted by Gasteiger charge is 2.41. The number of nitrogens with zero attached hydrogens (tertiary/aromatic N) is 5. The van der Waals surface area contributed by atoms with Gasteiger partial charge in [-0.3, -0.25) is 4.21 Å². The molecule has 10 nitrogen and oxygen atoms in total. The minimum Gasteiger partial charge on any atom is -0.487 e. The van der Waals surface area contributed by atoms with Crippen LogP contribution in [0.2, 0.25) is 0 Å². The highest BCUT2D eigenvalue weighted by Crippen LogP contribution is 2.36. The number of pyridine rings is 1. The van der Waals surface area contributed by atoms with Gasteiger partial charge in [0, 0.05) is 49.6 Å². The molecule has 0 saturated carbocycles. The number of aliphatic hydroxyl groups excluding tert-OH is 1. The summed E-state index contributed by atoms with van der Waals surface area (Å²) in [5.41, 5.74) is 0.923. The molecule has 0 radical (unpaired) electrons. The Labute approximate surface area is 193 Å². The molecule has 11 heteroatoms. The smallest absolute Gasteiger partial charge is 0.227 e. The number of hydrogen-bond acceptors (Lipinski definition) is 10. The Balaban J connectivity index is 1.28. The first-order valence-electron chi connectivity index (χ1n) is 11.0. The number of aryl methyl sites for hydroxylation is 1. The van der Waals surface area contributed by atoms with Gasteiger partial charge in [-0.1, -0.05) is 5.92 Å². The van der Waals surface area contributed by atoms with Crippen LogP contribution in [-0.2, 0) is 22.0 Å². The fourth-order valence-electron chi connectivity index (χ4n) is 4.70. The van der Waals surface area contributed by atoms with Gasteiger partial charge in [-0.15, -0.1) is 6.42 Å². The van der Waals surface area contributed by atoms with E-state index in [0.717, 1.165) is 23.8 Å². The first-order valence-corrected chi connectivity index (χ1v) is 12.3. The van der Waals surface area contributed by atoms with Crippen molar-refractivity contribution < 1.29 is 18.8 Å². The molecule has 0 bridgehead atoms. The van der Waals surface area contributed by atoms with Gasteiger partial charge >= 0.3 is 0 Å². The lowest BCUT2D eigenvalue weighted by atomic mass is 9.99. The SMILES string of the molecule is C#Cc1cnc2c(c1)OCC1CN(c3nc4c(c(NC5(CO)COC5)n3)S(=O)CC4)CCN21. The minimum absolute atomic E-state index is 0.0837. The Bertz CT molecular complexity index is 1170. The number of ether oxygens (including phenoxy) is 2. The first kappa shape index (κ1) is 20.7. The van der Waals surface area contributed by atoms with E-state index in [1.54, 1.807) is 6.20 Å². The van der Waals surface area contributed by atoms with E-state index < -0.39 is 16.3 Å². The lowest BCUT2D eigenvalue weighted by molar-refractivity contribution is -0.0653. The van der Waals surface area contributed by atoms with Crippen LogP contribution in [0.25, 0.3) is 0 Å². The normalized spacial score (nSPS) is 24.6. The van der Waals surface area contributed by atoms with Crippen molar-refractivity contribution in [1.82, 2.24) is 15.0 Å². The summed E-state index contributed by atoms with van der Waals surface area (Å²) in [5.74, 6) is 5.81. The van der Waals surface area contributed by atoms with Crippen LogP contribution in [0.5, 0.6) is 5.75 Å². The van der Waals surface area contributed by atoms with Crippen molar-refractivity contribution in [1.29, 1.82) is 0 Å². The van der Waals surface area contributed by atoms with E-state index in [1.165, 1.54) is 0 Å². The van der Waals surface area contributed by atoms with Crippen LogP contribution in [0.4, 0.5) is 17.6 Å². The van der Waals surface area contributed by atoms with Crippen LogP contribution in [0, 0.1) is 12.3 Å². The summed E-state index contributed by atoms with van der Waals surface area (Å²) in [6.07, 6.45) is 7.83. The fourth-order valence-corrected chi connectivity index (χ4v) is 6.00. The Morgan fingerprint density at radius 1 is 1.36 bits per heavy atom. The highest BCUT2D eigenvalue weighted by molar-refractivity contribution is 7.85. The average Bonchev–Trinajstić information content (AvgIpc) is 3.21. The van der Waals surface area contributed by atoms with Crippen molar-refractivity contribution in [3.63, 3.8) is 0 Å². The second-order valence-electron chi connectivity index (χ2n) is 8.80. The predicted molar refractivity (Wildman–Crippen MR) is 122 cm³/mol.